The van der Waals surface area contributed by atoms with Gasteiger partial charge >= 0.3 is 0 Å². The lowest BCUT2D eigenvalue weighted by Gasteiger charge is -2.18. The summed E-state index contributed by atoms with van der Waals surface area (Å²) in [6.07, 6.45) is 1.82. The van der Waals surface area contributed by atoms with Crippen molar-refractivity contribution >= 4 is 0 Å². The van der Waals surface area contributed by atoms with Gasteiger partial charge in [-0.25, -0.2) is 4.68 Å². The van der Waals surface area contributed by atoms with Gasteiger partial charge in [0, 0.05) is 13.7 Å². The highest BCUT2D eigenvalue weighted by Crippen LogP contribution is 2.34. The van der Waals surface area contributed by atoms with Crippen molar-refractivity contribution < 1.29 is 14.2 Å². The molecule has 8 nitrogen and oxygen atoms in total. The molecule has 0 spiro atoms. The van der Waals surface area contributed by atoms with Gasteiger partial charge in [0.1, 0.15) is 23.9 Å². The predicted octanol–water partition coefficient (Wildman–Crippen LogP) is 0.793. The zero-order valence-corrected chi connectivity index (χ0v) is 14.5. The fraction of sp³-hybridized carbons (Fsp3) is 0.500. The van der Waals surface area contributed by atoms with Crippen LogP contribution < -0.4 is 5.32 Å². The van der Waals surface area contributed by atoms with Crippen LogP contribution in [-0.2, 0) is 27.4 Å². The van der Waals surface area contributed by atoms with Crippen LogP contribution in [0.15, 0.2) is 30.5 Å². The topological polar surface area (TPSA) is 94.2 Å². The molecular formula is C18H21N5O3. The molecule has 0 bridgehead atoms. The molecule has 1 aromatic carbocycles. The number of nitrogens with zero attached hydrogens (tertiary/aromatic N) is 4. The maximum Gasteiger partial charge on any atom is 0.110 e. The number of nitrogens with one attached hydrogen (secondary N) is 1. The Labute approximate surface area is 151 Å². The van der Waals surface area contributed by atoms with Gasteiger partial charge in [-0.15, -0.1) is 5.10 Å². The molecule has 26 heavy (non-hydrogen) atoms. The molecule has 0 aliphatic carbocycles. The van der Waals surface area contributed by atoms with Crippen LogP contribution in [0.3, 0.4) is 0 Å². The first-order valence-corrected chi connectivity index (χ1v) is 8.64. The third-order valence-corrected chi connectivity index (χ3v) is 4.84. The minimum Gasteiger partial charge on any atom is -0.378 e. The summed E-state index contributed by atoms with van der Waals surface area (Å²) in [6.45, 7) is 2.24. The highest BCUT2D eigenvalue weighted by atomic mass is 16.6. The molecule has 3 heterocycles. The Morgan fingerprint density at radius 1 is 1.35 bits per heavy atom. The van der Waals surface area contributed by atoms with Crippen molar-refractivity contribution in [3.63, 3.8) is 0 Å². The van der Waals surface area contributed by atoms with Crippen molar-refractivity contribution in [3.8, 4) is 6.07 Å². The van der Waals surface area contributed by atoms with Gasteiger partial charge in [-0.3, -0.25) is 0 Å². The van der Waals surface area contributed by atoms with E-state index in [9.17, 15) is 0 Å². The highest BCUT2D eigenvalue weighted by molar-refractivity contribution is 5.32. The monoisotopic (exact) mass is 355 g/mol. The van der Waals surface area contributed by atoms with Crippen LogP contribution in [-0.4, -0.2) is 53.6 Å². The minimum absolute atomic E-state index is 0.0192. The van der Waals surface area contributed by atoms with Crippen molar-refractivity contribution in [2.75, 3.05) is 20.3 Å². The van der Waals surface area contributed by atoms with Crippen LogP contribution in [0.1, 0.15) is 22.9 Å². The van der Waals surface area contributed by atoms with E-state index in [4.69, 9.17) is 19.5 Å². The number of hydrogen-bond acceptors (Lipinski definition) is 7. The van der Waals surface area contributed by atoms with E-state index in [1.165, 1.54) is 0 Å². The Hall–Kier alpha value is -2.31. The number of methoxy groups -OCH3 is 1. The standard InChI is InChI=1S/C18H21N5O3/c1-24-9-14-8-23(22-21-14)16-11-26-17-15(10-25-18(16)17)20-7-13-4-2-3-12(5-13)6-19/h2-5,8,15-18,20H,7,9-11H2,1H3/t15-,16-,17+,18+/m0/s1. The van der Waals surface area contributed by atoms with E-state index < -0.39 is 0 Å². The number of hydrogen-bond donors (Lipinski definition) is 1. The van der Waals surface area contributed by atoms with Crippen LogP contribution in [0, 0.1) is 11.3 Å². The number of ether oxygens (including phenoxy) is 3. The summed E-state index contributed by atoms with van der Waals surface area (Å²) in [6, 6.07) is 9.90. The van der Waals surface area contributed by atoms with Crippen LogP contribution >= 0.6 is 0 Å². The highest BCUT2D eigenvalue weighted by Gasteiger charge is 2.48. The van der Waals surface area contributed by atoms with E-state index in [0.29, 0.717) is 31.9 Å². The molecule has 2 fully saturated rings. The third-order valence-electron chi connectivity index (χ3n) is 4.84. The van der Waals surface area contributed by atoms with E-state index in [-0.39, 0.29) is 24.3 Å². The zero-order valence-electron chi connectivity index (χ0n) is 14.5. The Kier molecular flexibility index (Phi) is 4.95. The van der Waals surface area contributed by atoms with Gasteiger partial charge in [-0.1, -0.05) is 17.3 Å². The molecule has 4 atom stereocenters. The maximum atomic E-state index is 9.01. The third kappa shape index (κ3) is 3.34. The summed E-state index contributed by atoms with van der Waals surface area (Å²) in [4.78, 5) is 0. The first kappa shape index (κ1) is 17.1. The molecule has 136 valence electrons. The van der Waals surface area contributed by atoms with Crippen molar-refractivity contribution in [1.82, 2.24) is 20.3 Å². The van der Waals surface area contributed by atoms with Crippen molar-refractivity contribution in [2.45, 2.75) is 37.4 Å². The van der Waals surface area contributed by atoms with E-state index in [1.54, 1.807) is 13.2 Å². The first-order valence-electron chi connectivity index (χ1n) is 8.64. The average Bonchev–Trinajstić information content (AvgIpc) is 3.37. The van der Waals surface area contributed by atoms with Crippen LogP contribution in [0.4, 0.5) is 0 Å². The summed E-state index contributed by atoms with van der Waals surface area (Å²) >= 11 is 0. The predicted molar refractivity (Wildman–Crippen MR) is 91.0 cm³/mol. The number of nitriles is 1. The Bertz CT molecular complexity index is 802. The normalized spacial score (nSPS) is 27.4. The largest absolute Gasteiger partial charge is 0.378 e. The number of benzene rings is 1. The lowest BCUT2D eigenvalue weighted by molar-refractivity contribution is 0.0619. The summed E-state index contributed by atoms with van der Waals surface area (Å²) in [7, 11) is 1.64. The summed E-state index contributed by atoms with van der Waals surface area (Å²) in [5.41, 5.74) is 2.53. The summed E-state index contributed by atoms with van der Waals surface area (Å²) < 4.78 is 18.9. The van der Waals surface area contributed by atoms with Crippen molar-refractivity contribution in [1.29, 1.82) is 5.26 Å². The van der Waals surface area contributed by atoms with Crippen LogP contribution in [0.5, 0.6) is 0 Å². The van der Waals surface area contributed by atoms with E-state index >= 15 is 0 Å². The fourth-order valence-electron chi connectivity index (χ4n) is 3.57. The zero-order chi connectivity index (χ0) is 17.9. The smallest absolute Gasteiger partial charge is 0.110 e. The Morgan fingerprint density at radius 2 is 2.23 bits per heavy atom. The van der Waals surface area contributed by atoms with Crippen molar-refractivity contribution in [3.05, 3.63) is 47.3 Å². The van der Waals surface area contributed by atoms with Crippen LogP contribution in [0.2, 0.25) is 0 Å². The molecule has 1 aromatic heterocycles. The molecule has 2 aliphatic heterocycles. The van der Waals surface area contributed by atoms with Gasteiger partial charge in [0.15, 0.2) is 0 Å². The molecular weight excluding hydrogens is 334 g/mol. The SMILES string of the molecule is COCc1cn([C@H]2CO[C@H]3[C@@H]2OC[C@@H]3NCc2cccc(C#N)c2)nn1. The Balaban J connectivity index is 1.37. The van der Waals surface area contributed by atoms with Crippen molar-refractivity contribution in [2.24, 2.45) is 0 Å². The summed E-state index contributed by atoms with van der Waals surface area (Å²) in [5.74, 6) is 0. The lowest BCUT2D eigenvalue weighted by atomic mass is 10.1. The number of rotatable bonds is 6. The second-order valence-electron chi connectivity index (χ2n) is 6.59. The average molecular weight is 355 g/mol. The van der Waals surface area contributed by atoms with Gasteiger partial charge in [0.05, 0.1) is 43.7 Å². The van der Waals surface area contributed by atoms with Gasteiger partial charge < -0.3 is 19.5 Å². The summed E-state index contributed by atoms with van der Waals surface area (Å²) in [5, 5.41) is 20.8. The van der Waals surface area contributed by atoms with E-state index in [0.717, 1.165) is 11.3 Å². The fourth-order valence-corrected chi connectivity index (χ4v) is 3.57. The molecule has 4 rings (SSSR count). The van der Waals surface area contributed by atoms with Gasteiger partial charge in [-0.05, 0) is 17.7 Å². The maximum absolute atomic E-state index is 9.01. The molecule has 0 radical (unpaired) electrons. The second kappa shape index (κ2) is 7.51. The van der Waals surface area contributed by atoms with Crippen LogP contribution in [0.25, 0.3) is 0 Å². The molecule has 0 amide bonds. The molecule has 8 heteroatoms. The first-order chi connectivity index (χ1) is 12.8. The van der Waals surface area contributed by atoms with E-state index in [2.05, 4.69) is 21.7 Å². The second-order valence-corrected chi connectivity index (χ2v) is 6.59. The quantitative estimate of drug-likeness (QED) is 0.819. The van der Waals surface area contributed by atoms with Gasteiger partial charge in [0.25, 0.3) is 0 Å². The number of aromatic nitrogens is 3. The molecule has 2 aromatic rings. The molecule has 1 N–H and O–H groups in total. The lowest BCUT2D eigenvalue weighted by Crippen LogP contribution is -2.40. The van der Waals surface area contributed by atoms with Gasteiger partial charge in [0.2, 0.25) is 0 Å². The minimum atomic E-state index is -0.0463. The molecule has 2 saturated heterocycles. The molecule has 0 saturated carbocycles. The molecule has 0 unspecified atom stereocenters. The number of fused-ring (bicyclic) bond motifs is 1. The van der Waals surface area contributed by atoms with Gasteiger partial charge in [-0.2, -0.15) is 5.26 Å². The Morgan fingerprint density at radius 3 is 3.08 bits per heavy atom. The van der Waals surface area contributed by atoms with E-state index in [1.807, 2.05) is 29.1 Å². The molecule has 2 aliphatic rings.